The summed E-state index contributed by atoms with van der Waals surface area (Å²) in [5, 5.41) is 9.15. The van der Waals surface area contributed by atoms with E-state index in [1.807, 2.05) is 6.92 Å². The second-order valence-corrected chi connectivity index (χ2v) is 9.71. The Bertz CT molecular complexity index is 785. The maximum Gasteiger partial charge on any atom is 0.312 e. The summed E-state index contributed by atoms with van der Waals surface area (Å²) in [5.41, 5.74) is -1.01. The van der Waals surface area contributed by atoms with Crippen molar-refractivity contribution in [1.29, 1.82) is 0 Å². The van der Waals surface area contributed by atoms with Gasteiger partial charge in [-0.3, -0.25) is 14.4 Å². The van der Waals surface area contributed by atoms with Gasteiger partial charge < -0.3 is 24.4 Å². The highest BCUT2D eigenvalue weighted by molar-refractivity contribution is 5.98. The molecule has 0 aliphatic carbocycles. The van der Waals surface area contributed by atoms with E-state index in [-0.39, 0.29) is 31.1 Å². The van der Waals surface area contributed by atoms with Crippen LogP contribution < -0.4 is 0 Å². The second kappa shape index (κ2) is 11.5. The number of nitrogens with zero attached hydrogens (tertiary/aromatic N) is 2. The summed E-state index contributed by atoms with van der Waals surface area (Å²) in [6.45, 7) is 12.5. The highest BCUT2D eigenvalue weighted by Crippen LogP contribution is 2.58. The Hall–Kier alpha value is -2.19. The molecule has 0 saturated carbocycles. The number of carbonyl (C=O) groups is 3. The van der Waals surface area contributed by atoms with Gasteiger partial charge in [-0.15, -0.1) is 6.58 Å². The minimum atomic E-state index is -1.01. The largest absolute Gasteiger partial charge is 0.461 e. The van der Waals surface area contributed by atoms with Crippen molar-refractivity contribution >= 4 is 17.8 Å². The average Bonchev–Trinajstić information content (AvgIpc) is 3.46. The third-order valence-electron chi connectivity index (χ3n) is 7.55. The van der Waals surface area contributed by atoms with Gasteiger partial charge in [-0.2, -0.15) is 0 Å². The molecule has 2 amide bonds. The summed E-state index contributed by atoms with van der Waals surface area (Å²) in [6.07, 6.45) is 7.80. The van der Waals surface area contributed by atoms with Gasteiger partial charge in [0.25, 0.3) is 0 Å². The fourth-order valence-electron chi connectivity index (χ4n) is 6.11. The number of amides is 2. The summed E-state index contributed by atoms with van der Waals surface area (Å²) in [7, 11) is 0. The minimum Gasteiger partial charge on any atom is -0.461 e. The van der Waals surface area contributed by atoms with Gasteiger partial charge in [0.05, 0.1) is 17.9 Å². The Kier molecular flexibility index (Phi) is 8.93. The van der Waals surface area contributed by atoms with Gasteiger partial charge >= 0.3 is 5.97 Å². The van der Waals surface area contributed by atoms with Crippen LogP contribution in [0.3, 0.4) is 0 Å². The zero-order valence-electron chi connectivity index (χ0n) is 20.6. The first-order valence-electron chi connectivity index (χ1n) is 12.7. The van der Waals surface area contributed by atoms with E-state index in [4.69, 9.17) is 14.6 Å². The zero-order chi connectivity index (χ0) is 24.9. The maximum atomic E-state index is 14.1. The molecule has 0 radical (unpaired) electrons. The van der Waals surface area contributed by atoms with Crippen molar-refractivity contribution in [3.8, 4) is 0 Å². The van der Waals surface area contributed by atoms with Crippen LogP contribution in [0, 0.1) is 11.8 Å². The van der Waals surface area contributed by atoms with E-state index in [0.29, 0.717) is 38.8 Å². The van der Waals surface area contributed by atoms with Crippen LogP contribution in [-0.4, -0.2) is 82.8 Å². The van der Waals surface area contributed by atoms with Gasteiger partial charge in [0, 0.05) is 25.7 Å². The molecule has 8 heteroatoms. The topological polar surface area (TPSA) is 96.4 Å². The molecule has 0 aromatic carbocycles. The van der Waals surface area contributed by atoms with Crippen molar-refractivity contribution in [1.82, 2.24) is 9.80 Å². The molecule has 2 bridgehead atoms. The number of carbonyl (C=O) groups excluding carboxylic acids is 3. The molecule has 3 aliphatic rings. The summed E-state index contributed by atoms with van der Waals surface area (Å²) < 4.78 is 11.8. The number of aliphatic hydroxyl groups excluding tert-OH is 1. The van der Waals surface area contributed by atoms with Crippen molar-refractivity contribution in [3.63, 3.8) is 0 Å². The van der Waals surface area contributed by atoms with Crippen molar-refractivity contribution in [2.75, 3.05) is 26.3 Å². The van der Waals surface area contributed by atoms with Crippen molar-refractivity contribution in [2.24, 2.45) is 11.8 Å². The Morgan fingerprint density at radius 1 is 1.32 bits per heavy atom. The molecule has 3 heterocycles. The Balaban J connectivity index is 1.96. The monoisotopic (exact) mass is 476 g/mol. The summed E-state index contributed by atoms with van der Waals surface area (Å²) in [4.78, 5) is 44.3. The summed E-state index contributed by atoms with van der Waals surface area (Å²) in [6, 6.07) is -0.787. The molecule has 1 N–H and O–H groups in total. The van der Waals surface area contributed by atoms with E-state index >= 15 is 0 Å². The van der Waals surface area contributed by atoms with Crippen molar-refractivity contribution in [3.05, 3.63) is 25.3 Å². The van der Waals surface area contributed by atoms with Gasteiger partial charge in [-0.25, -0.2) is 0 Å². The van der Waals surface area contributed by atoms with Crippen LogP contribution in [-0.2, 0) is 23.9 Å². The van der Waals surface area contributed by atoms with Crippen molar-refractivity contribution in [2.45, 2.75) is 82.6 Å². The molecule has 3 aliphatic heterocycles. The van der Waals surface area contributed by atoms with E-state index in [2.05, 4.69) is 20.1 Å². The Morgan fingerprint density at radius 3 is 2.74 bits per heavy atom. The fraction of sp³-hybridized carbons (Fsp3) is 0.731. The third-order valence-corrected chi connectivity index (χ3v) is 7.55. The lowest BCUT2D eigenvalue weighted by Gasteiger charge is -2.39. The highest BCUT2D eigenvalue weighted by Gasteiger charge is 2.75. The van der Waals surface area contributed by atoms with Crippen LogP contribution >= 0.6 is 0 Å². The predicted molar refractivity (Wildman–Crippen MR) is 128 cm³/mol. The van der Waals surface area contributed by atoms with Gasteiger partial charge in [-0.05, 0) is 45.4 Å². The molecule has 3 fully saturated rings. The number of ether oxygens (including phenoxy) is 2. The molecule has 190 valence electrons. The molecule has 34 heavy (non-hydrogen) atoms. The first kappa shape index (κ1) is 26.4. The van der Waals surface area contributed by atoms with Crippen LogP contribution in [0.25, 0.3) is 0 Å². The average molecular weight is 477 g/mol. The first-order valence-corrected chi connectivity index (χ1v) is 12.7. The minimum absolute atomic E-state index is 0.00996. The van der Waals surface area contributed by atoms with Gasteiger partial charge in [0.15, 0.2) is 0 Å². The number of aliphatic hydroxyl groups is 1. The molecule has 0 aromatic heterocycles. The Labute approximate surface area is 202 Å². The molecule has 3 saturated heterocycles. The Morgan fingerprint density at radius 2 is 2.09 bits per heavy atom. The molecular weight excluding hydrogens is 436 g/mol. The first-order chi connectivity index (χ1) is 16.4. The molecule has 8 nitrogen and oxygen atoms in total. The number of esters is 1. The SMILES string of the molecule is C=CCOC(=O)[C@@H]1[C@@H]2CCC3(O2)C(C(=O)N(CC=C)C(C)CCC)N(CCCCCO)C(=O)[C@H]13. The summed E-state index contributed by atoms with van der Waals surface area (Å²) in [5.74, 6) is -2.23. The predicted octanol–water partition coefficient (Wildman–Crippen LogP) is 2.46. The van der Waals surface area contributed by atoms with E-state index in [0.717, 1.165) is 19.3 Å². The standard InChI is InChI=1S/C26H40N2O6/c1-5-11-18(4)27(14-6-2)24(31)22-26-13-12-19(34-26)20(25(32)33-17-7-3)21(26)23(30)28(22)15-9-8-10-16-29/h6-7,18-22,29H,2-3,5,8-17H2,1,4H3/t18?,19-,20+,21-,22?,26?/m0/s1. The van der Waals surface area contributed by atoms with Crippen molar-refractivity contribution < 1.29 is 29.0 Å². The quantitative estimate of drug-likeness (QED) is 0.235. The molecular formula is C26H40N2O6. The summed E-state index contributed by atoms with van der Waals surface area (Å²) >= 11 is 0. The van der Waals surface area contributed by atoms with Gasteiger partial charge in [0.1, 0.15) is 18.2 Å². The van der Waals surface area contributed by atoms with Crippen LogP contribution in [0.2, 0.25) is 0 Å². The van der Waals surface area contributed by atoms with E-state index in [1.54, 1.807) is 15.9 Å². The number of hydrogen-bond donors (Lipinski definition) is 1. The van der Waals surface area contributed by atoms with E-state index in [9.17, 15) is 14.4 Å². The lowest BCUT2D eigenvalue weighted by molar-refractivity contribution is -0.154. The molecule has 0 aromatic rings. The van der Waals surface area contributed by atoms with Crippen LogP contribution in [0.5, 0.6) is 0 Å². The number of likely N-dealkylation sites (tertiary alicyclic amines) is 1. The van der Waals surface area contributed by atoms with Crippen LogP contribution in [0.15, 0.2) is 25.3 Å². The van der Waals surface area contributed by atoms with Gasteiger partial charge in [0.2, 0.25) is 11.8 Å². The van der Waals surface area contributed by atoms with E-state index in [1.165, 1.54) is 6.08 Å². The third kappa shape index (κ3) is 4.67. The van der Waals surface area contributed by atoms with Crippen LogP contribution in [0.4, 0.5) is 0 Å². The number of unbranched alkanes of at least 4 members (excludes halogenated alkanes) is 2. The maximum absolute atomic E-state index is 14.1. The van der Waals surface area contributed by atoms with Crippen LogP contribution in [0.1, 0.15) is 58.8 Å². The highest BCUT2D eigenvalue weighted by atomic mass is 16.6. The molecule has 3 rings (SSSR count). The number of rotatable bonds is 14. The fourth-order valence-corrected chi connectivity index (χ4v) is 6.11. The van der Waals surface area contributed by atoms with E-state index < -0.39 is 35.6 Å². The van der Waals surface area contributed by atoms with Gasteiger partial charge in [-0.1, -0.05) is 32.1 Å². The zero-order valence-corrected chi connectivity index (χ0v) is 20.6. The molecule has 1 spiro atoms. The lowest BCUT2D eigenvalue weighted by atomic mass is 9.70. The lowest BCUT2D eigenvalue weighted by Crippen LogP contribution is -2.57. The molecule has 3 unspecified atom stereocenters. The number of hydrogen-bond acceptors (Lipinski definition) is 6. The normalized spacial score (nSPS) is 30.2. The molecule has 6 atom stereocenters. The number of fused-ring (bicyclic) bond motifs is 1. The smallest absolute Gasteiger partial charge is 0.312 e. The second-order valence-electron chi connectivity index (χ2n) is 9.71.